The van der Waals surface area contributed by atoms with Crippen LogP contribution in [0.4, 0.5) is 0 Å². The average molecular weight is 1030 g/mol. The van der Waals surface area contributed by atoms with Crippen molar-refractivity contribution in [1.82, 2.24) is 0 Å². The molecule has 0 aliphatic rings. The standard InChI is InChI=1S/C68H114O6/c1-4-7-10-13-16-18-20-22-24-26-28-30-32-34-36-38-40-42-44-46-48-50-52-55-58-61-67(70)73-64-65(63-72-66(69)60-57-54-15-12-9-6-3)74-68(71)62-59-56-53-51-49-47-45-43-41-39-37-35-33-31-29-27-25-23-21-19-17-14-11-8-5-2/h7,10,16,18,21-24,27-30,34,36,40,42,46,48,65H,4-6,8-9,11-15,17,19-20,25-26,31-33,35,37-39,41,43-45,47,49-64H2,1-3H3/b10-7-,18-16-,23-21-,24-22-,29-27-,30-28-,36-34-,42-40-,48-46-. The lowest BCUT2D eigenvalue weighted by atomic mass is 10.0. The zero-order chi connectivity index (χ0) is 53.6. The topological polar surface area (TPSA) is 78.9 Å². The van der Waals surface area contributed by atoms with Crippen molar-refractivity contribution in [2.45, 2.75) is 290 Å². The second-order valence-electron chi connectivity index (χ2n) is 20.2. The van der Waals surface area contributed by atoms with Crippen molar-refractivity contribution in [2.75, 3.05) is 13.2 Å². The first-order chi connectivity index (χ1) is 36.5. The monoisotopic (exact) mass is 1030 g/mol. The van der Waals surface area contributed by atoms with Crippen LogP contribution < -0.4 is 0 Å². The molecule has 0 aliphatic heterocycles. The average Bonchev–Trinajstić information content (AvgIpc) is 3.40. The largest absolute Gasteiger partial charge is 0.462 e. The number of ether oxygens (including phenoxy) is 3. The maximum Gasteiger partial charge on any atom is 0.306 e. The van der Waals surface area contributed by atoms with Crippen LogP contribution in [0, 0.1) is 0 Å². The second-order valence-corrected chi connectivity index (χ2v) is 20.2. The van der Waals surface area contributed by atoms with Crippen molar-refractivity contribution in [3.05, 3.63) is 109 Å². The molecule has 0 aliphatic carbocycles. The van der Waals surface area contributed by atoms with Gasteiger partial charge in [0.05, 0.1) is 0 Å². The minimum Gasteiger partial charge on any atom is -0.462 e. The lowest BCUT2D eigenvalue weighted by Gasteiger charge is -2.18. The Kier molecular flexibility index (Phi) is 58.3. The molecule has 0 spiro atoms. The van der Waals surface area contributed by atoms with E-state index >= 15 is 0 Å². The normalized spacial score (nSPS) is 12.9. The molecule has 0 aromatic carbocycles. The van der Waals surface area contributed by atoms with Crippen LogP contribution in [0.15, 0.2) is 109 Å². The molecule has 74 heavy (non-hydrogen) atoms. The smallest absolute Gasteiger partial charge is 0.306 e. The number of esters is 3. The highest BCUT2D eigenvalue weighted by Gasteiger charge is 2.19. The van der Waals surface area contributed by atoms with Crippen molar-refractivity contribution >= 4 is 17.9 Å². The van der Waals surface area contributed by atoms with Crippen LogP contribution >= 0.6 is 0 Å². The first-order valence-corrected chi connectivity index (χ1v) is 30.9. The summed E-state index contributed by atoms with van der Waals surface area (Å²) >= 11 is 0. The number of hydrogen-bond donors (Lipinski definition) is 0. The lowest BCUT2D eigenvalue weighted by molar-refractivity contribution is -0.167. The van der Waals surface area contributed by atoms with Crippen LogP contribution in [0.2, 0.25) is 0 Å². The van der Waals surface area contributed by atoms with Gasteiger partial charge in [-0.1, -0.05) is 265 Å². The summed E-state index contributed by atoms with van der Waals surface area (Å²) in [6.45, 7) is 6.44. The molecule has 0 amide bonds. The van der Waals surface area contributed by atoms with Crippen molar-refractivity contribution in [2.24, 2.45) is 0 Å². The van der Waals surface area contributed by atoms with Gasteiger partial charge in [0.15, 0.2) is 6.10 Å². The van der Waals surface area contributed by atoms with E-state index in [-0.39, 0.29) is 31.1 Å². The third-order valence-corrected chi connectivity index (χ3v) is 13.0. The molecule has 1 unspecified atom stereocenters. The van der Waals surface area contributed by atoms with E-state index in [4.69, 9.17) is 14.2 Å². The molecule has 0 N–H and O–H groups in total. The third kappa shape index (κ3) is 59.0. The molecule has 0 rings (SSSR count). The number of carbonyl (C=O) groups excluding carboxylic acids is 3. The van der Waals surface area contributed by atoms with Gasteiger partial charge in [0.2, 0.25) is 0 Å². The maximum atomic E-state index is 12.8. The van der Waals surface area contributed by atoms with E-state index in [1.54, 1.807) is 0 Å². The highest BCUT2D eigenvalue weighted by atomic mass is 16.6. The molecule has 6 nitrogen and oxygen atoms in total. The highest BCUT2D eigenvalue weighted by Crippen LogP contribution is 2.15. The van der Waals surface area contributed by atoms with Gasteiger partial charge in [-0.3, -0.25) is 14.4 Å². The number of unbranched alkanes of at least 4 members (excludes halogenated alkanes) is 26. The molecule has 0 fully saturated rings. The molecule has 0 radical (unpaired) electrons. The molecular formula is C68H114O6. The third-order valence-electron chi connectivity index (χ3n) is 13.0. The van der Waals surface area contributed by atoms with Gasteiger partial charge in [0.1, 0.15) is 13.2 Å². The number of allylic oxidation sites excluding steroid dienone is 18. The first kappa shape index (κ1) is 70.1. The maximum absolute atomic E-state index is 12.8. The molecule has 0 aromatic rings. The molecular weight excluding hydrogens is 913 g/mol. The van der Waals surface area contributed by atoms with E-state index in [9.17, 15) is 14.4 Å². The van der Waals surface area contributed by atoms with Crippen LogP contribution in [0.3, 0.4) is 0 Å². The summed E-state index contributed by atoms with van der Waals surface area (Å²) in [5.74, 6) is -0.931. The van der Waals surface area contributed by atoms with Crippen molar-refractivity contribution in [3.8, 4) is 0 Å². The van der Waals surface area contributed by atoms with Crippen LogP contribution in [-0.2, 0) is 28.6 Å². The lowest BCUT2D eigenvalue weighted by Crippen LogP contribution is -2.30. The minimum absolute atomic E-state index is 0.0894. The van der Waals surface area contributed by atoms with E-state index in [1.165, 1.54) is 128 Å². The van der Waals surface area contributed by atoms with Gasteiger partial charge < -0.3 is 14.2 Å². The molecule has 0 aromatic heterocycles. The summed E-state index contributed by atoms with van der Waals surface area (Å²) < 4.78 is 16.8. The zero-order valence-electron chi connectivity index (χ0n) is 48.3. The predicted molar refractivity (Wildman–Crippen MR) is 320 cm³/mol. The van der Waals surface area contributed by atoms with E-state index < -0.39 is 6.10 Å². The van der Waals surface area contributed by atoms with Gasteiger partial charge in [0, 0.05) is 19.3 Å². The molecule has 0 heterocycles. The first-order valence-electron chi connectivity index (χ1n) is 30.9. The van der Waals surface area contributed by atoms with Crippen LogP contribution in [0.5, 0.6) is 0 Å². The Morgan fingerprint density at radius 1 is 0.284 bits per heavy atom. The Labute approximate surface area is 457 Å². The van der Waals surface area contributed by atoms with Gasteiger partial charge in [0.25, 0.3) is 0 Å². The number of hydrogen-bond acceptors (Lipinski definition) is 6. The Bertz CT molecular complexity index is 1510. The molecule has 0 saturated carbocycles. The Hall–Kier alpha value is -3.93. The van der Waals surface area contributed by atoms with Crippen LogP contribution in [0.1, 0.15) is 284 Å². The van der Waals surface area contributed by atoms with E-state index in [1.807, 2.05) is 0 Å². The summed E-state index contributed by atoms with van der Waals surface area (Å²) in [7, 11) is 0. The summed E-state index contributed by atoms with van der Waals surface area (Å²) in [6.07, 6.45) is 84.1. The SMILES string of the molecule is CC/C=C\C/C=C\C/C=C\C/C=C\C/C=C\C/C=C\C/C=C\CCCCCC(=O)OCC(COC(=O)CCCCCCCC)OC(=O)CCCCCCCCCCCCCCC/C=C\C/C=C\CCCCCCC. The van der Waals surface area contributed by atoms with Crippen LogP contribution in [-0.4, -0.2) is 37.2 Å². The summed E-state index contributed by atoms with van der Waals surface area (Å²) in [5.41, 5.74) is 0. The van der Waals surface area contributed by atoms with Gasteiger partial charge in [-0.05, 0) is 109 Å². The quantitative estimate of drug-likeness (QED) is 0.0261. The Morgan fingerprint density at radius 3 is 0.838 bits per heavy atom. The molecule has 6 heteroatoms. The summed E-state index contributed by atoms with van der Waals surface area (Å²) in [4.78, 5) is 38.0. The van der Waals surface area contributed by atoms with Gasteiger partial charge in [-0.15, -0.1) is 0 Å². The van der Waals surface area contributed by atoms with Gasteiger partial charge in [-0.25, -0.2) is 0 Å². The molecule has 0 saturated heterocycles. The fraction of sp³-hybridized carbons (Fsp3) is 0.691. The van der Waals surface area contributed by atoms with E-state index in [0.717, 1.165) is 116 Å². The molecule has 0 bridgehead atoms. The van der Waals surface area contributed by atoms with Crippen molar-refractivity contribution in [3.63, 3.8) is 0 Å². The summed E-state index contributed by atoms with van der Waals surface area (Å²) in [5, 5.41) is 0. The van der Waals surface area contributed by atoms with E-state index in [2.05, 4.69) is 130 Å². The Balaban J connectivity index is 4.19. The predicted octanol–water partition coefficient (Wildman–Crippen LogP) is 21.0. The van der Waals surface area contributed by atoms with Crippen molar-refractivity contribution in [1.29, 1.82) is 0 Å². The highest BCUT2D eigenvalue weighted by molar-refractivity contribution is 5.71. The fourth-order valence-corrected chi connectivity index (χ4v) is 8.39. The number of rotatable bonds is 55. The number of carbonyl (C=O) groups is 3. The zero-order valence-corrected chi connectivity index (χ0v) is 48.3. The van der Waals surface area contributed by atoms with Crippen molar-refractivity contribution < 1.29 is 28.6 Å². The van der Waals surface area contributed by atoms with Gasteiger partial charge >= 0.3 is 17.9 Å². The molecule has 1 atom stereocenters. The van der Waals surface area contributed by atoms with Crippen LogP contribution in [0.25, 0.3) is 0 Å². The second kappa shape index (κ2) is 61.6. The van der Waals surface area contributed by atoms with Gasteiger partial charge in [-0.2, -0.15) is 0 Å². The minimum atomic E-state index is -0.791. The summed E-state index contributed by atoms with van der Waals surface area (Å²) in [6, 6.07) is 0. The molecule has 422 valence electrons. The Morgan fingerprint density at radius 2 is 0.527 bits per heavy atom. The van der Waals surface area contributed by atoms with E-state index in [0.29, 0.717) is 19.3 Å². The fourth-order valence-electron chi connectivity index (χ4n) is 8.39.